The van der Waals surface area contributed by atoms with Gasteiger partial charge in [-0.2, -0.15) is 0 Å². The molecule has 0 aliphatic carbocycles. The van der Waals surface area contributed by atoms with E-state index in [-0.39, 0.29) is 12.6 Å². The van der Waals surface area contributed by atoms with Gasteiger partial charge >= 0.3 is 12.0 Å². The van der Waals surface area contributed by atoms with Crippen LogP contribution in [0.2, 0.25) is 0 Å². The number of carbonyl (C=O) groups excluding carboxylic acids is 1. The Labute approximate surface area is 118 Å². The molecule has 1 aliphatic heterocycles. The standard InChI is InChI=1S/C12H13IN2O3/c13-9-1-3-10(4-2-9)14-12(18)15-6-5-8(7-15)11(16)17/h1-4,8H,5-7H2,(H,14,18)(H,16,17). The Kier molecular flexibility index (Phi) is 4.05. The van der Waals surface area contributed by atoms with Gasteiger partial charge in [-0.15, -0.1) is 0 Å². The zero-order valence-corrected chi connectivity index (χ0v) is 11.8. The van der Waals surface area contributed by atoms with Crippen molar-refractivity contribution in [3.8, 4) is 0 Å². The van der Waals surface area contributed by atoms with Crippen molar-refractivity contribution in [2.75, 3.05) is 18.4 Å². The van der Waals surface area contributed by atoms with Gasteiger partial charge in [0.15, 0.2) is 0 Å². The summed E-state index contributed by atoms with van der Waals surface area (Å²) in [6.45, 7) is 0.776. The van der Waals surface area contributed by atoms with Crippen molar-refractivity contribution in [1.82, 2.24) is 4.90 Å². The van der Waals surface area contributed by atoms with E-state index in [1.165, 1.54) is 4.90 Å². The number of carboxylic acid groups (broad SMARTS) is 1. The number of nitrogens with one attached hydrogen (secondary N) is 1. The van der Waals surface area contributed by atoms with Crippen molar-refractivity contribution >= 4 is 40.3 Å². The zero-order valence-electron chi connectivity index (χ0n) is 9.60. The molecule has 1 aliphatic rings. The van der Waals surface area contributed by atoms with Crippen LogP contribution in [0.4, 0.5) is 10.5 Å². The Hall–Kier alpha value is -1.31. The van der Waals surface area contributed by atoms with Gasteiger partial charge in [0.2, 0.25) is 0 Å². The molecular weight excluding hydrogens is 347 g/mol. The number of aliphatic carboxylic acids is 1. The summed E-state index contributed by atoms with van der Waals surface area (Å²) in [5, 5.41) is 11.6. The summed E-state index contributed by atoms with van der Waals surface area (Å²) in [4.78, 5) is 24.2. The summed E-state index contributed by atoms with van der Waals surface area (Å²) in [6.07, 6.45) is 0.523. The second-order valence-electron chi connectivity index (χ2n) is 4.21. The second-order valence-corrected chi connectivity index (χ2v) is 5.45. The van der Waals surface area contributed by atoms with Gasteiger partial charge in [0.05, 0.1) is 5.92 Å². The van der Waals surface area contributed by atoms with Crippen LogP contribution in [-0.2, 0) is 4.79 Å². The van der Waals surface area contributed by atoms with E-state index < -0.39 is 11.9 Å². The fourth-order valence-corrected chi connectivity index (χ4v) is 2.24. The molecule has 18 heavy (non-hydrogen) atoms. The first-order chi connectivity index (χ1) is 8.56. The molecule has 1 aromatic carbocycles. The third-order valence-electron chi connectivity index (χ3n) is 2.92. The number of hydrogen-bond donors (Lipinski definition) is 2. The molecule has 0 saturated carbocycles. The number of carbonyl (C=O) groups is 2. The third-order valence-corrected chi connectivity index (χ3v) is 3.64. The van der Waals surface area contributed by atoms with Crippen LogP contribution in [0.25, 0.3) is 0 Å². The number of urea groups is 1. The quantitative estimate of drug-likeness (QED) is 0.795. The van der Waals surface area contributed by atoms with Crippen molar-refractivity contribution in [2.24, 2.45) is 5.92 Å². The van der Waals surface area contributed by atoms with E-state index in [0.29, 0.717) is 13.0 Å². The molecule has 1 atom stereocenters. The molecular formula is C12H13IN2O3. The average Bonchev–Trinajstić information content (AvgIpc) is 2.81. The Morgan fingerprint density at radius 2 is 2.00 bits per heavy atom. The minimum absolute atomic E-state index is 0.236. The predicted octanol–water partition coefficient (Wildman–Crippen LogP) is 2.23. The highest BCUT2D eigenvalue weighted by molar-refractivity contribution is 14.1. The smallest absolute Gasteiger partial charge is 0.321 e. The van der Waals surface area contributed by atoms with Crippen LogP contribution in [0.1, 0.15) is 6.42 Å². The molecule has 1 saturated heterocycles. The second kappa shape index (κ2) is 5.55. The molecule has 6 heteroatoms. The lowest BCUT2D eigenvalue weighted by Gasteiger charge is -2.16. The number of nitrogens with zero attached hydrogens (tertiary/aromatic N) is 1. The number of carboxylic acids is 1. The Morgan fingerprint density at radius 3 is 2.56 bits per heavy atom. The molecule has 5 nitrogen and oxygen atoms in total. The minimum Gasteiger partial charge on any atom is -0.481 e. The highest BCUT2D eigenvalue weighted by Crippen LogP contribution is 2.18. The number of hydrogen-bond acceptors (Lipinski definition) is 2. The van der Waals surface area contributed by atoms with Crippen molar-refractivity contribution in [2.45, 2.75) is 6.42 Å². The SMILES string of the molecule is O=C(O)C1CCN(C(=O)Nc2ccc(I)cc2)C1. The third kappa shape index (κ3) is 3.12. The van der Waals surface area contributed by atoms with Gasteiger partial charge in [0.1, 0.15) is 0 Å². The van der Waals surface area contributed by atoms with Crippen LogP contribution < -0.4 is 5.32 Å². The summed E-state index contributed by atoms with van der Waals surface area (Å²) >= 11 is 2.19. The lowest BCUT2D eigenvalue weighted by atomic mass is 10.1. The molecule has 1 heterocycles. The van der Waals surface area contributed by atoms with Crippen LogP contribution in [0.5, 0.6) is 0 Å². The number of rotatable bonds is 2. The molecule has 0 radical (unpaired) electrons. The topological polar surface area (TPSA) is 69.6 Å². The first-order valence-corrected chi connectivity index (χ1v) is 6.68. The fourth-order valence-electron chi connectivity index (χ4n) is 1.88. The Morgan fingerprint density at radius 1 is 1.33 bits per heavy atom. The van der Waals surface area contributed by atoms with Gasteiger partial charge < -0.3 is 15.3 Å². The molecule has 96 valence electrons. The van der Waals surface area contributed by atoms with Gasteiger partial charge in [-0.05, 0) is 53.3 Å². The van der Waals surface area contributed by atoms with Crippen molar-refractivity contribution in [1.29, 1.82) is 0 Å². The first kappa shape index (κ1) is 13.1. The lowest BCUT2D eigenvalue weighted by Crippen LogP contribution is -2.33. The fraction of sp³-hybridized carbons (Fsp3) is 0.333. The van der Waals surface area contributed by atoms with Gasteiger partial charge in [0.25, 0.3) is 0 Å². The zero-order chi connectivity index (χ0) is 13.1. The molecule has 1 unspecified atom stereocenters. The van der Waals surface area contributed by atoms with E-state index in [1.54, 1.807) is 0 Å². The van der Waals surface area contributed by atoms with E-state index in [1.807, 2.05) is 24.3 Å². The van der Waals surface area contributed by atoms with Gasteiger partial charge in [0, 0.05) is 22.3 Å². The number of halogens is 1. The molecule has 2 amide bonds. The van der Waals surface area contributed by atoms with Gasteiger partial charge in [-0.3, -0.25) is 4.79 Å². The first-order valence-electron chi connectivity index (χ1n) is 5.60. The summed E-state index contributed by atoms with van der Waals surface area (Å²) in [5.41, 5.74) is 0.721. The average molecular weight is 360 g/mol. The number of benzene rings is 1. The summed E-state index contributed by atoms with van der Waals surface area (Å²) in [7, 11) is 0. The minimum atomic E-state index is -0.834. The maximum atomic E-state index is 11.9. The maximum absolute atomic E-state index is 11.9. The number of likely N-dealkylation sites (tertiary alicyclic amines) is 1. The normalized spacial score (nSPS) is 18.7. The van der Waals surface area contributed by atoms with Crippen LogP contribution in [0.3, 0.4) is 0 Å². The number of amides is 2. The summed E-state index contributed by atoms with van der Waals surface area (Å²) < 4.78 is 1.10. The van der Waals surface area contributed by atoms with E-state index >= 15 is 0 Å². The number of anilines is 1. The Bertz CT molecular complexity index is 461. The molecule has 1 fully saturated rings. The highest BCUT2D eigenvalue weighted by Gasteiger charge is 2.30. The molecule has 2 N–H and O–H groups in total. The van der Waals surface area contributed by atoms with E-state index in [0.717, 1.165) is 9.26 Å². The molecule has 0 aromatic heterocycles. The van der Waals surface area contributed by atoms with Crippen LogP contribution in [-0.4, -0.2) is 35.1 Å². The maximum Gasteiger partial charge on any atom is 0.321 e. The van der Waals surface area contributed by atoms with E-state index in [9.17, 15) is 9.59 Å². The van der Waals surface area contributed by atoms with Crippen LogP contribution in [0, 0.1) is 9.49 Å². The van der Waals surface area contributed by atoms with Crippen LogP contribution >= 0.6 is 22.6 Å². The van der Waals surface area contributed by atoms with Crippen molar-refractivity contribution < 1.29 is 14.7 Å². The van der Waals surface area contributed by atoms with Crippen molar-refractivity contribution in [3.63, 3.8) is 0 Å². The lowest BCUT2D eigenvalue weighted by molar-refractivity contribution is -0.141. The Balaban J connectivity index is 1.93. The molecule has 2 rings (SSSR count). The van der Waals surface area contributed by atoms with Crippen molar-refractivity contribution in [3.05, 3.63) is 27.8 Å². The molecule has 0 bridgehead atoms. The largest absolute Gasteiger partial charge is 0.481 e. The summed E-state index contributed by atoms with van der Waals surface area (Å²) in [5.74, 6) is -1.27. The monoisotopic (exact) mass is 360 g/mol. The highest BCUT2D eigenvalue weighted by atomic mass is 127. The van der Waals surface area contributed by atoms with E-state index in [2.05, 4.69) is 27.9 Å². The summed E-state index contributed by atoms with van der Waals surface area (Å²) in [6, 6.07) is 7.22. The van der Waals surface area contributed by atoms with Gasteiger partial charge in [-0.1, -0.05) is 0 Å². The van der Waals surface area contributed by atoms with Crippen LogP contribution in [0.15, 0.2) is 24.3 Å². The molecule has 0 spiro atoms. The van der Waals surface area contributed by atoms with Gasteiger partial charge in [-0.25, -0.2) is 4.79 Å². The molecule has 1 aromatic rings. The van der Waals surface area contributed by atoms with E-state index in [4.69, 9.17) is 5.11 Å². The predicted molar refractivity (Wildman–Crippen MR) is 75.5 cm³/mol.